The maximum atomic E-state index is 13.7. The lowest BCUT2D eigenvalue weighted by atomic mass is 9.84. The van der Waals surface area contributed by atoms with Crippen molar-refractivity contribution >= 4 is 23.3 Å². The van der Waals surface area contributed by atoms with Gasteiger partial charge in [-0.15, -0.1) is 0 Å². The summed E-state index contributed by atoms with van der Waals surface area (Å²) in [4.78, 5) is 40.0. The molecular formula is C29H32FN5O3. The number of rotatable bonds is 7. The fraction of sp³-hybridized carbons (Fsp3) is 0.414. The topological polar surface area (TPSA) is 106 Å². The molecule has 1 aromatic carbocycles. The van der Waals surface area contributed by atoms with Crippen LogP contribution >= 0.6 is 0 Å². The van der Waals surface area contributed by atoms with Crippen LogP contribution in [0.25, 0.3) is 0 Å². The molecular weight excluding hydrogens is 485 g/mol. The second-order valence-electron chi connectivity index (χ2n) is 10.5. The van der Waals surface area contributed by atoms with Gasteiger partial charge in [0.15, 0.2) is 0 Å². The first kappa shape index (κ1) is 25.8. The van der Waals surface area contributed by atoms with Crippen molar-refractivity contribution in [1.29, 1.82) is 0 Å². The summed E-state index contributed by atoms with van der Waals surface area (Å²) in [6.07, 6.45) is 6.60. The van der Waals surface area contributed by atoms with Gasteiger partial charge in [-0.2, -0.15) is 10.2 Å². The van der Waals surface area contributed by atoms with Crippen molar-refractivity contribution in [2.24, 2.45) is 7.05 Å². The molecule has 0 saturated heterocycles. The number of nitrogens with one attached hydrogen (secondary N) is 2. The molecule has 2 N–H and O–H groups in total. The van der Waals surface area contributed by atoms with Gasteiger partial charge in [0, 0.05) is 36.6 Å². The normalized spacial score (nSPS) is 19.2. The van der Waals surface area contributed by atoms with Crippen LogP contribution in [0.15, 0.2) is 36.5 Å². The van der Waals surface area contributed by atoms with E-state index in [-0.39, 0.29) is 29.4 Å². The molecule has 2 aliphatic carbocycles. The highest BCUT2D eigenvalue weighted by molar-refractivity contribution is 6.43. The maximum Gasteiger partial charge on any atom is 0.294 e. The predicted molar refractivity (Wildman–Crippen MR) is 141 cm³/mol. The highest BCUT2D eigenvalue weighted by atomic mass is 19.1. The summed E-state index contributed by atoms with van der Waals surface area (Å²) < 4.78 is 15.3. The Kier molecular flexibility index (Phi) is 7.10. The molecule has 198 valence electrons. The number of amides is 2. The average molecular weight is 518 g/mol. The molecule has 8 nitrogen and oxygen atoms in total. The Morgan fingerprint density at radius 3 is 2.34 bits per heavy atom. The summed E-state index contributed by atoms with van der Waals surface area (Å²) in [5.41, 5.74) is 3.80. The summed E-state index contributed by atoms with van der Waals surface area (Å²) >= 11 is 0. The fourth-order valence-electron chi connectivity index (χ4n) is 5.50. The van der Waals surface area contributed by atoms with Crippen molar-refractivity contribution in [3.8, 4) is 0 Å². The number of carbonyl (C=O) groups excluding carboxylic acids is 3. The molecule has 2 saturated carbocycles. The third-order valence-electron chi connectivity index (χ3n) is 7.85. The summed E-state index contributed by atoms with van der Waals surface area (Å²) in [5, 5.41) is 14.0. The van der Waals surface area contributed by atoms with E-state index < -0.39 is 11.7 Å². The van der Waals surface area contributed by atoms with Crippen molar-refractivity contribution in [2.45, 2.75) is 70.3 Å². The molecule has 2 amide bonds. The Bertz CT molecular complexity index is 1390. The van der Waals surface area contributed by atoms with Crippen LogP contribution in [0.1, 0.15) is 93.7 Å². The first-order chi connectivity index (χ1) is 18.2. The Morgan fingerprint density at radius 2 is 1.71 bits per heavy atom. The molecule has 2 aromatic heterocycles. The second-order valence-corrected chi connectivity index (χ2v) is 10.5. The minimum absolute atomic E-state index is 0.0553. The summed E-state index contributed by atoms with van der Waals surface area (Å²) in [7, 11) is 1.71. The lowest BCUT2D eigenvalue weighted by Crippen LogP contribution is -2.41. The Labute approximate surface area is 221 Å². The smallest absolute Gasteiger partial charge is 0.294 e. The second kappa shape index (κ2) is 10.5. The van der Waals surface area contributed by atoms with Crippen LogP contribution in [0.5, 0.6) is 0 Å². The molecule has 5 rings (SSSR count). The van der Waals surface area contributed by atoms with Crippen LogP contribution in [0.2, 0.25) is 0 Å². The third kappa shape index (κ3) is 5.10. The van der Waals surface area contributed by atoms with Gasteiger partial charge in [0.1, 0.15) is 5.82 Å². The van der Waals surface area contributed by atoms with E-state index in [0.29, 0.717) is 34.0 Å². The third-order valence-corrected chi connectivity index (χ3v) is 7.85. The van der Waals surface area contributed by atoms with Gasteiger partial charge >= 0.3 is 0 Å². The Morgan fingerprint density at radius 1 is 1.00 bits per heavy atom. The lowest BCUT2D eigenvalue weighted by molar-refractivity contribution is -0.117. The van der Waals surface area contributed by atoms with Crippen LogP contribution in [0.3, 0.4) is 0 Å². The molecule has 0 bridgehead atoms. The SMILES string of the molecule is Cc1cc(NC(=O)c2c(C3CC3)c(C(=O)C(=O)NC3CCC(c4cccnn4)CC3)n(C)c2C)ccc1F. The largest absolute Gasteiger partial charge is 0.346 e. The summed E-state index contributed by atoms with van der Waals surface area (Å²) in [6.45, 7) is 3.41. The quantitative estimate of drug-likeness (QED) is 0.348. The number of benzene rings is 1. The fourth-order valence-corrected chi connectivity index (χ4v) is 5.50. The monoisotopic (exact) mass is 517 g/mol. The van der Waals surface area contributed by atoms with E-state index in [2.05, 4.69) is 20.8 Å². The Hall–Kier alpha value is -3.88. The number of anilines is 1. The first-order valence-corrected chi connectivity index (χ1v) is 13.1. The summed E-state index contributed by atoms with van der Waals surface area (Å²) in [6, 6.07) is 8.15. The minimum atomic E-state index is -0.642. The van der Waals surface area contributed by atoms with Gasteiger partial charge in [-0.05, 0) is 99.7 Å². The molecule has 2 fully saturated rings. The molecule has 9 heteroatoms. The van der Waals surface area contributed by atoms with Gasteiger partial charge < -0.3 is 15.2 Å². The number of aromatic nitrogens is 3. The molecule has 0 spiro atoms. The number of carbonyl (C=O) groups is 3. The minimum Gasteiger partial charge on any atom is -0.346 e. The molecule has 3 aromatic rings. The van der Waals surface area contributed by atoms with Gasteiger partial charge in [-0.3, -0.25) is 14.4 Å². The zero-order chi connectivity index (χ0) is 27.0. The molecule has 0 unspecified atom stereocenters. The number of halogens is 1. The van der Waals surface area contributed by atoms with Crippen LogP contribution in [-0.4, -0.2) is 38.4 Å². The number of hydrogen-bond acceptors (Lipinski definition) is 5. The molecule has 0 atom stereocenters. The Balaban J connectivity index is 1.32. The van der Waals surface area contributed by atoms with Crippen molar-refractivity contribution < 1.29 is 18.8 Å². The van der Waals surface area contributed by atoms with E-state index in [1.807, 2.05) is 12.1 Å². The number of hydrogen-bond donors (Lipinski definition) is 2. The first-order valence-electron chi connectivity index (χ1n) is 13.1. The zero-order valence-corrected chi connectivity index (χ0v) is 21.9. The van der Waals surface area contributed by atoms with Gasteiger partial charge in [0.2, 0.25) is 0 Å². The van der Waals surface area contributed by atoms with E-state index >= 15 is 0 Å². The van der Waals surface area contributed by atoms with Gasteiger partial charge in [-0.25, -0.2) is 4.39 Å². The van der Waals surface area contributed by atoms with E-state index in [4.69, 9.17) is 0 Å². The van der Waals surface area contributed by atoms with E-state index in [0.717, 1.165) is 44.2 Å². The van der Waals surface area contributed by atoms with Crippen molar-refractivity contribution in [3.05, 3.63) is 76.1 Å². The maximum absolute atomic E-state index is 13.7. The highest BCUT2D eigenvalue weighted by Crippen LogP contribution is 2.45. The standard InChI is InChI=1S/C29H32FN5O3/c1-16-15-21(12-13-22(16)30)33-28(37)24-17(2)35(3)26(25(24)19-6-7-19)27(36)29(38)32-20-10-8-18(9-11-20)23-5-4-14-31-34-23/h4-5,12-15,18-20H,6-11H2,1-3H3,(H,32,38)(H,33,37). The number of aryl methyl sites for hydroxylation is 1. The molecule has 2 aliphatic rings. The highest BCUT2D eigenvalue weighted by Gasteiger charge is 2.39. The van der Waals surface area contributed by atoms with Crippen LogP contribution in [0.4, 0.5) is 10.1 Å². The van der Waals surface area contributed by atoms with Crippen LogP contribution in [-0.2, 0) is 11.8 Å². The van der Waals surface area contributed by atoms with Gasteiger partial charge in [0.05, 0.1) is 17.0 Å². The number of Topliss-reactive ketones (excluding diaryl/α,β-unsaturated/α-hetero) is 1. The van der Waals surface area contributed by atoms with Crippen LogP contribution in [0, 0.1) is 19.7 Å². The molecule has 38 heavy (non-hydrogen) atoms. The number of nitrogens with zero attached hydrogens (tertiary/aromatic N) is 3. The van der Waals surface area contributed by atoms with E-state index in [1.54, 1.807) is 37.7 Å². The summed E-state index contributed by atoms with van der Waals surface area (Å²) in [5.74, 6) is -1.62. The van der Waals surface area contributed by atoms with Crippen molar-refractivity contribution in [2.75, 3.05) is 5.32 Å². The average Bonchev–Trinajstić information content (AvgIpc) is 3.72. The van der Waals surface area contributed by atoms with Crippen LogP contribution < -0.4 is 10.6 Å². The van der Waals surface area contributed by atoms with Gasteiger partial charge in [-0.1, -0.05) is 0 Å². The van der Waals surface area contributed by atoms with E-state index in [9.17, 15) is 18.8 Å². The molecule has 0 aliphatic heterocycles. The van der Waals surface area contributed by atoms with Gasteiger partial charge in [0.25, 0.3) is 17.6 Å². The van der Waals surface area contributed by atoms with Crippen molar-refractivity contribution in [1.82, 2.24) is 20.1 Å². The zero-order valence-electron chi connectivity index (χ0n) is 21.9. The number of ketones is 1. The lowest BCUT2D eigenvalue weighted by Gasteiger charge is -2.28. The molecule has 0 radical (unpaired) electrons. The predicted octanol–water partition coefficient (Wildman–Crippen LogP) is 4.73. The van der Waals surface area contributed by atoms with Crippen molar-refractivity contribution in [3.63, 3.8) is 0 Å². The molecule has 2 heterocycles. The van der Waals surface area contributed by atoms with E-state index in [1.165, 1.54) is 12.1 Å².